The van der Waals surface area contributed by atoms with Crippen molar-refractivity contribution in [3.05, 3.63) is 48.2 Å². The average Bonchev–Trinajstić information content (AvgIpc) is 2.84. The Morgan fingerprint density at radius 3 is 2.67 bits per heavy atom. The van der Waals surface area contributed by atoms with Gasteiger partial charge in [-0.15, -0.1) is 0 Å². The van der Waals surface area contributed by atoms with E-state index in [0.717, 1.165) is 23.4 Å². The van der Waals surface area contributed by atoms with Crippen LogP contribution < -0.4 is 0 Å². The van der Waals surface area contributed by atoms with E-state index >= 15 is 0 Å². The maximum absolute atomic E-state index is 9.90. The number of rotatable bonds is 2. The summed E-state index contributed by atoms with van der Waals surface area (Å²) < 4.78 is 1.46. The Hall–Kier alpha value is -2.36. The van der Waals surface area contributed by atoms with Gasteiger partial charge in [0.1, 0.15) is 0 Å². The number of nitrogens with zero attached hydrogens (tertiary/aromatic N) is 3. The molecule has 0 aliphatic rings. The standard InChI is InChI=1S/C14H13N3O/c1-2-11-8-14(18)17-13(15-11)9-12(16-17)10-6-4-3-5-7-10/h3-9,18H,2H2,1H3. The fourth-order valence-electron chi connectivity index (χ4n) is 1.94. The van der Waals surface area contributed by atoms with Gasteiger partial charge in [-0.05, 0) is 6.42 Å². The molecule has 0 atom stereocenters. The quantitative estimate of drug-likeness (QED) is 0.748. The molecule has 0 unspecified atom stereocenters. The molecule has 3 aromatic rings. The number of hydrogen-bond acceptors (Lipinski definition) is 3. The number of aromatic hydroxyl groups is 1. The van der Waals surface area contributed by atoms with Crippen molar-refractivity contribution in [2.45, 2.75) is 13.3 Å². The molecule has 4 heteroatoms. The summed E-state index contributed by atoms with van der Waals surface area (Å²) in [5.74, 6) is 0.124. The molecule has 0 amide bonds. The summed E-state index contributed by atoms with van der Waals surface area (Å²) in [7, 11) is 0. The van der Waals surface area contributed by atoms with Crippen LogP contribution >= 0.6 is 0 Å². The highest BCUT2D eigenvalue weighted by Gasteiger charge is 2.09. The van der Waals surface area contributed by atoms with Crippen LogP contribution in [0.25, 0.3) is 16.9 Å². The fraction of sp³-hybridized carbons (Fsp3) is 0.143. The molecule has 0 aliphatic heterocycles. The van der Waals surface area contributed by atoms with Gasteiger partial charge in [0.25, 0.3) is 0 Å². The molecule has 0 bridgehead atoms. The third-order valence-electron chi connectivity index (χ3n) is 2.89. The molecule has 2 heterocycles. The summed E-state index contributed by atoms with van der Waals surface area (Å²) in [6.45, 7) is 2.01. The minimum atomic E-state index is 0.124. The lowest BCUT2D eigenvalue weighted by atomic mass is 10.2. The Morgan fingerprint density at radius 2 is 1.94 bits per heavy atom. The summed E-state index contributed by atoms with van der Waals surface area (Å²) in [5.41, 5.74) is 3.36. The van der Waals surface area contributed by atoms with E-state index in [2.05, 4.69) is 10.1 Å². The van der Waals surface area contributed by atoms with Crippen LogP contribution in [0.5, 0.6) is 5.88 Å². The summed E-state index contributed by atoms with van der Waals surface area (Å²) in [4.78, 5) is 4.44. The highest BCUT2D eigenvalue weighted by Crippen LogP contribution is 2.21. The molecule has 4 nitrogen and oxygen atoms in total. The lowest BCUT2D eigenvalue weighted by Crippen LogP contribution is -1.95. The van der Waals surface area contributed by atoms with Crippen molar-refractivity contribution < 1.29 is 5.11 Å². The first kappa shape index (κ1) is 10.8. The Balaban J connectivity index is 2.20. The molecule has 3 rings (SSSR count). The zero-order valence-corrected chi connectivity index (χ0v) is 10.0. The zero-order chi connectivity index (χ0) is 12.5. The summed E-state index contributed by atoms with van der Waals surface area (Å²) in [6.07, 6.45) is 0.788. The predicted molar refractivity (Wildman–Crippen MR) is 69.5 cm³/mol. The van der Waals surface area contributed by atoms with Crippen LogP contribution in [0.1, 0.15) is 12.6 Å². The maximum Gasteiger partial charge on any atom is 0.215 e. The number of aryl methyl sites for hydroxylation is 1. The largest absolute Gasteiger partial charge is 0.493 e. The number of fused-ring (bicyclic) bond motifs is 1. The minimum Gasteiger partial charge on any atom is -0.493 e. The van der Waals surface area contributed by atoms with Crippen LogP contribution in [-0.4, -0.2) is 19.7 Å². The number of aromatic nitrogens is 3. The molecule has 0 saturated heterocycles. The van der Waals surface area contributed by atoms with Gasteiger partial charge in [-0.1, -0.05) is 37.3 Å². The average molecular weight is 239 g/mol. The third-order valence-corrected chi connectivity index (χ3v) is 2.89. The van der Waals surface area contributed by atoms with E-state index in [4.69, 9.17) is 0 Å². The zero-order valence-electron chi connectivity index (χ0n) is 10.0. The van der Waals surface area contributed by atoms with E-state index in [1.54, 1.807) is 6.07 Å². The summed E-state index contributed by atoms with van der Waals surface area (Å²) >= 11 is 0. The van der Waals surface area contributed by atoms with Gasteiger partial charge in [-0.2, -0.15) is 9.61 Å². The van der Waals surface area contributed by atoms with Crippen molar-refractivity contribution in [1.29, 1.82) is 0 Å². The molecule has 0 aliphatic carbocycles. The van der Waals surface area contributed by atoms with Crippen LogP contribution in [0.15, 0.2) is 42.5 Å². The van der Waals surface area contributed by atoms with Gasteiger partial charge in [0.2, 0.25) is 5.88 Å². The van der Waals surface area contributed by atoms with E-state index in [0.29, 0.717) is 5.65 Å². The second-order valence-electron chi connectivity index (χ2n) is 4.12. The Morgan fingerprint density at radius 1 is 1.17 bits per heavy atom. The predicted octanol–water partition coefficient (Wildman–Crippen LogP) is 2.66. The van der Waals surface area contributed by atoms with Gasteiger partial charge >= 0.3 is 0 Å². The molecule has 0 spiro atoms. The molecule has 90 valence electrons. The third kappa shape index (κ3) is 1.72. The molecule has 18 heavy (non-hydrogen) atoms. The van der Waals surface area contributed by atoms with E-state index in [1.165, 1.54) is 4.52 Å². The van der Waals surface area contributed by atoms with E-state index in [9.17, 15) is 5.11 Å². The monoisotopic (exact) mass is 239 g/mol. The Labute approximate surface area is 105 Å². The lowest BCUT2D eigenvalue weighted by Gasteiger charge is -1.99. The lowest BCUT2D eigenvalue weighted by molar-refractivity contribution is 0.434. The van der Waals surface area contributed by atoms with E-state index < -0.39 is 0 Å². The number of benzene rings is 1. The number of hydrogen-bond donors (Lipinski definition) is 1. The van der Waals surface area contributed by atoms with Crippen molar-refractivity contribution in [2.75, 3.05) is 0 Å². The minimum absolute atomic E-state index is 0.124. The Kier molecular flexibility index (Phi) is 2.48. The SMILES string of the molecule is CCc1cc(O)n2nc(-c3ccccc3)cc2n1. The molecule has 2 aromatic heterocycles. The molecular weight excluding hydrogens is 226 g/mol. The normalized spacial score (nSPS) is 10.9. The van der Waals surface area contributed by atoms with Crippen molar-refractivity contribution in [3.63, 3.8) is 0 Å². The highest BCUT2D eigenvalue weighted by atomic mass is 16.3. The van der Waals surface area contributed by atoms with Crippen LogP contribution in [0, 0.1) is 0 Å². The van der Waals surface area contributed by atoms with Crippen LogP contribution in [0.4, 0.5) is 0 Å². The topological polar surface area (TPSA) is 50.4 Å². The second kappa shape index (κ2) is 4.14. The molecule has 0 saturated carbocycles. The summed E-state index contributed by atoms with van der Waals surface area (Å²) in [5, 5.41) is 14.3. The van der Waals surface area contributed by atoms with Crippen molar-refractivity contribution in [3.8, 4) is 17.1 Å². The highest BCUT2D eigenvalue weighted by molar-refractivity contribution is 5.64. The van der Waals surface area contributed by atoms with Crippen LogP contribution in [-0.2, 0) is 6.42 Å². The molecule has 0 fully saturated rings. The first-order valence-electron chi connectivity index (χ1n) is 5.92. The molecule has 1 N–H and O–H groups in total. The van der Waals surface area contributed by atoms with Gasteiger partial charge in [0, 0.05) is 23.4 Å². The maximum atomic E-state index is 9.90. The van der Waals surface area contributed by atoms with Crippen molar-refractivity contribution in [1.82, 2.24) is 14.6 Å². The van der Waals surface area contributed by atoms with Gasteiger partial charge < -0.3 is 5.11 Å². The van der Waals surface area contributed by atoms with E-state index in [1.807, 2.05) is 43.3 Å². The second-order valence-corrected chi connectivity index (χ2v) is 4.12. The van der Waals surface area contributed by atoms with Gasteiger partial charge in [0.05, 0.1) is 5.69 Å². The molecule has 0 radical (unpaired) electrons. The van der Waals surface area contributed by atoms with Gasteiger partial charge in [0.15, 0.2) is 5.65 Å². The smallest absolute Gasteiger partial charge is 0.215 e. The van der Waals surface area contributed by atoms with Crippen LogP contribution in [0.2, 0.25) is 0 Å². The van der Waals surface area contributed by atoms with Gasteiger partial charge in [-0.3, -0.25) is 0 Å². The Bertz CT molecular complexity index is 689. The van der Waals surface area contributed by atoms with Crippen molar-refractivity contribution in [2.24, 2.45) is 0 Å². The first-order valence-corrected chi connectivity index (χ1v) is 5.92. The van der Waals surface area contributed by atoms with E-state index in [-0.39, 0.29) is 5.88 Å². The first-order chi connectivity index (χ1) is 8.78. The fourth-order valence-corrected chi connectivity index (χ4v) is 1.94. The molecular formula is C14H13N3O. The molecule has 1 aromatic carbocycles. The van der Waals surface area contributed by atoms with Crippen LogP contribution in [0.3, 0.4) is 0 Å². The van der Waals surface area contributed by atoms with Crippen molar-refractivity contribution >= 4 is 5.65 Å². The summed E-state index contributed by atoms with van der Waals surface area (Å²) in [6, 6.07) is 13.4. The van der Waals surface area contributed by atoms with Gasteiger partial charge in [-0.25, -0.2) is 4.98 Å².